The molecule has 0 aromatic heterocycles. The first-order valence-corrected chi connectivity index (χ1v) is 6.54. The largest absolute Gasteiger partial charge is 0.315 e. The molecule has 1 saturated heterocycles. The van der Waals surface area contributed by atoms with Gasteiger partial charge in [-0.3, -0.25) is 4.90 Å². The molecule has 1 rings (SSSR count). The van der Waals surface area contributed by atoms with Crippen molar-refractivity contribution >= 4 is 0 Å². The molecule has 0 aliphatic carbocycles. The fourth-order valence-electron chi connectivity index (χ4n) is 2.30. The summed E-state index contributed by atoms with van der Waals surface area (Å²) >= 11 is 0. The van der Waals surface area contributed by atoms with Gasteiger partial charge in [0.25, 0.3) is 0 Å². The average Bonchev–Trinajstić information content (AvgIpc) is 2.17. The Morgan fingerprint density at radius 3 is 2.67 bits per heavy atom. The van der Waals surface area contributed by atoms with Crippen molar-refractivity contribution in [1.82, 2.24) is 10.2 Å². The predicted molar refractivity (Wildman–Crippen MR) is 67.1 cm³/mol. The Morgan fingerprint density at radius 1 is 1.27 bits per heavy atom. The summed E-state index contributed by atoms with van der Waals surface area (Å²) in [5.41, 5.74) is 0. The molecule has 0 aromatic rings. The van der Waals surface area contributed by atoms with E-state index in [0.717, 1.165) is 31.0 Å². The third kappa shape index (κ3) is 4.98. The van der Waals surface area contributed by atoms with Crippen LogP contribution in [0, 0.1) is 11.8 Å². The minimum absolute atomic E-state index is 0.766. The second-order valence-electron chi connectivity index (χ2n) is 5.62. The number of nitrogens with zero attached hydrogens (tertiary/aromatic N) is 1. The minimum atomic E-state index is 0.766. The van der Waals surface area contributed by atoms with Crippen molar-refractivity contribution in [3.05, 3.63) is 0 Å². The normalized spacial score (nSPS) is 28.6. The van der Waals surface area contributed by atoms with E-state index < -0.39 is 0 Å². The summed E-state index contributed by atoms with van der Waals surface area (Å²) in [6.07, 6.45) is 2.79. The van der Waals surface area contributed by atoms with Gasteiger partial charge in [-0.25, -0.2) is 0 Å². The lowest BCUT2D eigenvalue weighted by molar-refractivity contribution is 0.125. The highest BCUT2D eigenvalue weighted by atomic mass is 15.2. The fourth-order valence-corrected chi connectivity index (χ4v) is 2.30. The molecular weight excluding hydrogens is 184 g/mol. The van der Waals surface area contributed by atoms with Crippen LogP contribution in [0.25, 0.3) is 0 Å². The third-order valence-corrected chi connectivity index (χ3v) is 3.38. The van der Waals surface area contributed by atoms with E-state index in [-0.39, 0.29) is 0 Å². The summed E-state index contributed by atoms with van der Waals surface area (Å²) in [5, 5.41) is 3.53. The summed E-state index contributed by atoms with van der Waals surface area (Å²) in [4.78, 5) is 2.64. The first-order chi connectivity index (χ1) is 7.09. The van der Waals surface area contributed by atoms with Gasteiger partial charge in [-0.05, 0) is 38.1 Å². The van der Waals surface area contributed by atoms with Crippen LogP contribution in [0.2, 0.25) is 0 Å². The molecule has 0 aromatic carbocycles. The van der Waals surface area contributed by atoms with Crippen LogP contribution < -0.4 is 5.32 Å². The molecular formula is C13H28N2. The van der Waals surface area contributed by atoms with Gasteiger partial charge in [0.05, 0.1) is 0 Å². The van der Waals surface area contributed by atoms with Crippen molar-refractivity contribution in [2.24, 2.45) is 11.8 Å². The van der Waals surface area contributed by atoms with E-state index in [4.69, 9.17) is 0 Å². The van der Waals surface area contributed by atoms with Gasteiger partial charge < -0.3 is 5.32 Å². The standard InChI is InChI=1S/C13H28N2/c1-11(2)9-14-7-8-15-10-12(3)5-6-13(15)4/h11-14H,5-10H2,1-4H3. The maximum atomic E-state index is 3.53. The third-order valence-electron chi connectivity index (χ3n) is 3.38. The molecule has 2 heteroatoms. The van der Waals surface area contributed by atoms with Gasteiger partial charge in [-0.1, -0.05) is 20.8 Å². The molecule has 1 N–H and O–H groups in total. The van der Waals surface area contributed by atoms with E-state index in [1.165, 1.54) is 25.9 Å². The van der Waals surface area contributed by atoms with Crippen LogP contribution in [0.15, 0.2) is 0 Å². The number of nitrogens with one attached hydrogen (secondary N) is 1. The molecule has 15 heavy (non-hydrogen) atoms. The number of rotatable bonds is 5. The monoisotopic (exact) mass is 212 g/mol. The summed E-state index contributed by atoms with van der Waals surface area (Å²) < 4.78 is 0. The zero-order valence-electron chi connectivity index (χ0n) is 10.9. The Bertz CT molecular complexity index is 168. The van der Waals surface area contributed by atoms with Gasteiger partial charge in [0.1, 0.15) is 0 Å². The highest BCUT2D eigenvalue weighted by Gasteiger charge is 2.21. The molecule has 2 unspecified atom stereocenters. The zero-order chi connectivity index (χ0) is 11.3. The Morgan fingerprint density at radius 2 is 2.00 bits per heavy atom. The summed E-state index contributed by atoms with van der Waals surface area (Å²) in [6.45, 7) is 14.1. The molecule has 2 atom stereocenters. The predicted octanol–water partition coefficient (Wildman–Crippen LogP) is 2.35. The molecule has 1 aliphatic heterocycles. The van der Waals surface area contributed by atoms with Gasteiger partial charge >= 0.3 is 0 Å². The topological polar surface area (TPSA) is 15.3 Å². The van der Waals surface area contributed by atoms with Crippen LogP contribution in [0.5, 0.6) is 0 Å². The van der Waals surface area contributed by atoms with Crippen LogP contribution in [0.1, 0.15) is 40.5 Å². The molecule has 90 valence electrons. The first kappa shape index (κ1) is 13.0. The molecule has 1 heterocycles. The van der Waals surface area contributed by atoms with E-state index >= 15 is 0 Å². The maximum absolute atomic E-state index is 3.53. The maximum Gasteiger partial charge on any atom is 0.0110 e. The van der Waals surface area contributed by atoms with Crippen molar-refractivity contribution in [1.29, 1.82) is 0 Å². The lowest BCUT2D eigenvalue weighted by Crippen LogP contribution is -2.44. The minimum Gasteiger partial charge on any atom is -0.315 e. The van der Waals surface area contributed by atoms with Crippen molar-refractivity contribution in [2.75, 3.05) is 26.2 Å². The van der Waals surface area contributed by atoms with E-state index in [1.54, 1.807) is 0 Å². The second-order valence-corrected chi connectivity index (χ2v) is 5.62. The van der Waals surface area contributed by atoms with Gasteiger partial charge in [0.15, 0.2) is 0 Å². The fraction of sp³-hybridized carbons (Fsp3) is 1.00. The number of hydrogen-bond donors (Lipinski definition) is 1. The number of piperidine rings is 1. The quantitative estimate of drug-likeness (QED) is 0.704. The van der Waals surface area contributed by atoms with Crippen molar-refractivity contribution < 1.29 is 0 Å². The number of likely N-dealkylation sites (tertiary alicyclic amines) is 1. The van der Waals surface area contributed by atoms with Gasteiger partial charge in [-0.15, -0.1) is 0 Å². The average molecular weight is 212 g/mol. The number of hydrogen-bond acceptors (Lipinski definition) is 2. The van der Waals surface area contributed by atoms with Gasteiger partial charge in [0, 0.05) is 25.7 Å². The molecule has 1 aliphatic rings. The molecule has 0 spiro atoms. The molecule has 0 amide bonds. The van der Waals surface area contributed by atoms with E-state index in [9.17, 15) is 0 Å². The lowest BCUT2D eigenvalue weighted by Gasteiger charge is -2.36. The summed E-state index contributed by atoms with van der Waals surface area (Å²) in [5.74, 6) is 1.66. The Labute approximate surface area is 95.4 Å². The van der Waals surface area contributed by atoms with Crippen LogP contribution in [0.4, 0.5) is 0 Å². The van der Waals surface area contributed by atoms with Crippen molar-refractivity contribution in [3.63, 3.8) is 0 Å². The van der Waals surface area contributed by atoms with E-state index in [0.29, 0.717) is 0 Å². The van der Waals surface area contributed by atoms with E-state index in [1.807, 2.05) is 0 Å². The van der Waals surface area contributed by atoms with Crippen LogP contribution in [-0.2, 0) is 0 Å². The smallest absolute Gasteiger partial charge is 0.0110 e. The van der Waals surface area contributed by atoms with Crippen LogP contribution in [0.3, 0.4) is 0 Å². The second kappa shape index (κ2) is 6.49. The molecule has 1 fully saturated rings. The van der Waals surface area contributed by atoms with E-state index in [2.05, 4.69) is 37.9 Å². The highest BCUT2D eigenvalue weighted by Crippen LogP contribution is 2.20. The molecule has 2 nitrogen and oxygen atoms in total. The lowest BCUT2D eigenvalue weighted by atomic mass is 9.95. The summed E-state index contributed by atoms with van der Waals surface area (Å²) in [6, 6.07) is 0.794. The van der Waals surface area contributed by atoms with Crippen LogP contribution in [-0.4, -0.2) is 37.1 Å². The Hall–Kier alpha value is -0.0800. The SMILES string of the molecule is CC(C)CNCCN1CC(C)CCC1C. The van der Waals surface area contributed by atoms with Crippen molar-refractivity contribution in [2.45, 2.75) is 46.6 Å². The molecule has 0 radical (unpaired) electrons. The Balaban J connectivity index is 2.13. The van der Waals surface area contributed by atoms with Crippen molar-refractivity contribution in [3.8, 4) is 0 Å². The summed E-state index contributed by atoms with van der Waals surface area (Å²) in [7, 11) is 0. The van der Waals surface area contributed by atoms with Gasteiger partial charge in [-0.2, -0.15) is 0 Å². The zero-order valence-corrected chi connectivity index (χ0v) is 10.9. The molecule has 0 bridgehead atoms. The van der Waals surface area contributed by atoms with Crippen LogP contribution >= 0.6 is 0 Å². The highest BCUT2D eigenvalue weighted by molar-refractivity contribution is 4.77. The molecule has 0 saturated carbocycles. The Kier molecular flexibility index (Phi) is 5.62. The first-order valence-electron chi connectivity index (χ1n) is 6.54. The van der Waals surface area contributed by atoms with Gasteiger partial charge in [0.2, 0.25) is 0 Å².